The number of nitrogens with zero attached hydrogens (tertiary/aromatic N) is 4. The maximum absolute atomic E-state index is 11.5. The van der Waals surface area contributed by atoms with Gasteiger partial charge in [0.1, 0.15) is 0 Å². The van der Waals surface area contributed by atoms with Crippen LogP contribution in [-0.2, 0) is 11.3 Å². The number of halogens is 2. The molecule has 1 atom stereocenters. The highest BCUT2D eigenvalue weighted by molar-refractivity contribution is 9.10. The van der Waals surface area contributed by atoms with Gasteiger partial charge in [0, 0.05) is 9.50 Å². The van der Waals surface area contributed by atoms with Gasteiger partial charge in [0.2, 0.25) is 0 Å². The predicted octanol–water partition coefficient (Wildman–Crippen LogP) is 4.23. The fraction of sp³-hybridized carbons (Fsp3) is 0.133. The molecule has 0 fully saturated rings. The number of hydrogen-bond acceptors (Lipinski definition) is 5. The summed E-state index contributed by atoms with van der Waals surface area (Å²) in [6.07, 6.45) is 0.262. The van der Waals surface area contributed by atoms with E-state index in [-0.39, 0.29) is 0 Å². The molecule has 2 aromatic rings. The smallest absolute Gasteiger partial charge is 0.198 e. The second-order valence-corrected chi connectivity index (χ2v) is 6.13. The summed E-state index contributed by atoms with van der Waals surface area (Å²) >= 11 is 9.28. The molecule has 0 saturated heterocycles. The van der Waals surface area contributed by atoms with Crippen LogP contribution >= 0.6 is 27.5 Å². The monoisotopic (exact) mass is 378 g/mol. The molecule has 0 aliphatic carbocycles. The summed E-state index contributed by atoms with van der Waals surface area (Å²) in [4.78, 5) is 11.5. The van der Waals surface area contributed by atoms with Crippen LogP contribution in [0.4, 0.5) is 5.69 Å². The van der Waals surface area contributed by atoms with Crippen LogP contribution in [0.5, 0.6) is 0 Å². The molecule has 1 heterocycles. The highest BCUT2D eigenvalue weighted by Crippen LogP contribution is 2.26. The number of aldehydes is 1. The molecule has 1 aliphatic heterocycles. The molecular formula is C15H12BrClN4O. The Bertz CT molecular complexity index is 690. The molecule has 112 valence electrons. The van der Waals surface area contributed by atoms with Gasteiger partial charge in [0.15, 0.2) is 12.5 Å². The van der Waals surface area contributed by atoms with Crippen LogP contribution in [0.1, 0.15) is 5.56 Å². The first-order valence-corrected chi connectivity index (χ1v) is 7.77. The summed E-state index contributed by atoms with van der Waals surface area (Å²) in [7, 11) is 0. The summed E-state index contributed by atoms with van der Waals surface area (Å²) in [6, 6.07) is 15.0. The van der Waals surface area contributed by atoms with E-state index in [1.165, 1.54) is 0 Å². The Kier molecular flexibility index (Phi) is 4.40. The zero-order valence-electron chi connectivity index (χ0n) is 11.4. The molecule has 7 heteroatoms. The van der Waals surface area contributed by atoms with Gasteiger partial charge in [0.25, 0.3) is 0 Å². The van der Waals surface area contributed by atoms with Gasteiger partial charge in [-0.05, 0) is 47.2 Å². The van der Waals surface area contributed by atoms with Crippen molar-refractivity contribution in [2.75, 3.05) is 5.01 Å². The molecule has 1 aliphatic rings. The Morgan fingerprint density at radius 2 is 1.77 bits per heavy atom. The van der Waals surface area contributed by atoms with Crippen LogP contribution in [0.3, 0.4) is 0 Å². The molecule has 0 saturated carbocycles. The fourth-order valence-electron chi connectivity index (χ4n) is 2.15. The van der Waals surface area contributed by atoms with E-state index >= 15 is 0 Å². The van der Waals surface area contributed by atoms with Gasteiger partial charge in [-0.1, -0.05) is 44.9 Å². The van der Waals surface area contributed by atoms with Gasteiger partial charge in [-0.25, -0.2) is 10.0 Å². The van der Waals surface area contributed by atoms with Crippen LogP contribution in [0.25, 0.3) is 0 Å². The Balaban J connectivity index is 1.77. The van der Waals surface area contributed by atoms with Crippen LogP contribution in [-0.4, -0.2) is 17.5 Å². The Labute approximate surface area is 141 Å². The van der Waals surface area contributed by atoms with Crippen molar-refractivity contribution in [2.24, 2.45) is 10.4 Å². The van der Waals surface area contributed by atoms with Crippen molar-refractivity contribution in [2.45, 2.75) is 12.7 Å². The van der Waals surface area contributed by atoms with E-state index in [2.05, 4.69) is 26.4 Å². The number of benzene rings is 2. The fourth-order valence-corrected chi connectivity index (χ4v) is 2.54. The average Bonchev–Trinajstić information content (AvgIpc) is 2.93. The van der Waals surface area contributed by atoms with Crippen molar-refractivity contribution in [1.29, 1.82) is 0 Å². The normalized spacial score (nSPS) is 17.1. The summed E-state index contributed by atoms with van der Waals surface area (Å²) in [5, 5.41) is 12.0. The van der Waals surface area contributed by atoms with Crippen molar-refractivity contribution in [3.05, 3.63) is 63.6 Å². The molecule has 3 rings (SSSR count). The average molecular weight is 380 g/mol. The summed E-state index contributed by atoms with van der Waals surface area (Å²) < 4.78 is 1.01. The van der Waals surface area contributed by atoms with Gasteiger partial charge < -0.3 is 0 Å². The second-order valence-electron chi connectivity index (χ2n) is 4.77. The lowest BCUT2D eigenvalue weighted by Gasteiger charge is -2.23. The molecule has 0 aromatic heterocycles. The highest BCUT2D eigenvalue weighted by Gasteiger charge is 2.30. The number of carbonyl (C=O) groups is 1. The number of hydrogen-bond donors (Lipinski definition) is 0. The van der Waals surface area contributed by atoms with Crippen molar-refractivity contribution in [3.8, 4) is 0 Å². The molecule has 0 N–H and O–H groups in total. The minimum absolute atomic E-state index is 0.504. The molecule has 0 radical (unpaired) electrons. The topological polar surface area (TPSA) is 48.3 Å². The molecule has 0 spiro atoms. The molecule has 0 bridgehead atoms. The Hall–Kier alpha value is -1.92. The Morgan fingerprint density at radius 1 is 1.09 bits per heavy atom. The SMILES string of the molecule is O=CC1N(Cc2ccc(Br)cc2)N=NN1c1ccc(Cl)cc1. The summed E-state index contributed by atoms with van der Waals surface area (Å²) in [6.45, 7) is 0.504. The minimum atomic E-state index is -0.565. The van der Waals surface area contributed by atoms with E-state index in [0.717, 1.165) is 22.0 Å². The standard InChI is InChI=1S/C15H12BrClN4O/c16-12-3-1-11(2-4-12)9-20-15(10-22)21(19-18-20)14-7-5-13(17)6-8-14/h1-8,10,15H,9H2. The first-order chi connectivity index (χ1) is 10.7. The van der Waals surface area contributed by atoms with E-state index in [1.807, 2.05) is 24.3 Å². The lowest BCUT2D eigenvalue weighted by molar-refractivity contribution is -0.111. The first kappa shape index (κ1) is 15.0. The van der Waals surface area contributed by atoms with Crippen molar-refractivity contribution in [1.82, 2.24) is 5.01 Å². The van der Waals surface area contributed by atoms with Crippen LogP contribution < -0.4 is 5.01 Å². The second kappa shape index (κ2) is 6.46. The van der Waals surface area contributed by atoms with Gasteiger partial charge in [-0.2, -0.15) is 0 Å². The third kappa shape index (κ3) is 3.13. The van der Waals surface area contributed by atoms with Crippen LogP contribution in [0, 0.1) is 0 Å². The third-order valence-corrected chi connectivity index (χ3v) is 4.06. The van der Waals surface area contributed by atoms with Crippen molar-refractivity contribution in [3.63, 3.8) is 0 Å². The van der Waals surface area contributed by atoms with Gasteiger partial charge >= 0.3 is 0 Å². The Morgan fingerprint density at radius 3 is 2.41 bits per heavy atom. The maximum atomic E-state index is 11.5. The van der Waals surface area contributed by atoms with E-state index < -0.39 is 6.17 Å². The molecule has 1 unspecified atom stereocenters. The van der Waals surface area contributed by atoms with Gasteiger partial charge in [0.05, 0.1) is 12.2 Å². The molecule has 0 amide bonds. The lowest BCUT2D eigenvalue weighted by Crippen LogP contribution is -2.39. The van der Waals surface area contributed by atoms with Crippen molar-refractivity contribution < 1.29 is 4.79 Å². The van der Waals surface area contributed by atoms with E-state index in [1.54, 1.807) is 34.3 Å². The lowest BCUT2D eigenvalue weighted by atomic mass is 10.2. The summed E-state index contributed by atoms with van der Waals surface area (Å²) in [5.74, 6) is 0. The van der Waals surface area contributed by atoms with Crippen LogP contribution in [0.2, 0.25) is 5.02 Å². The zero-order valence-corrected chi connectivity index (χ0v) is 13.8. The predicted molar refractivity (Wildman–Crippen MR) is 88.3 cm³/mol. The largest absolute Gasteiger partial charge is 0.299 e. The number of rotatable bonds is 4. The third-order valence-electron chi connectivity index (χ3n) is 3.28. The quantitative estimate of drug-likeness (QED) is 0.747. The van der Waals surface area contributed by atoms with E-state index in [0.29, 0.717) is 11.6 Å². The number of carbonyl (C=O) groups excluding carboxylic acids is 1. The highest BCUT2D eigenvalue weighted by atomic mass is 79.9. The maximum Gasteiger partial charge on any atom is 0.198 e. The van der Waals surface area contributed by atoms with E-state index in [4.69, 9.17) is 11.6 Å². The van der Waals surface area contributed by atoms with Gasteiger partial charge in [-0.15, -0.1) is 0 Å². The van der Waals surface area contributed by atoms with E-state index in [9.17, 15) is 4.79 Å². The zero-order chi connectivity index (χ0) is 15.5. The van der Waals surface area contributed by atoms with Gasteiger partial charge in [-0.3, -0.25) is 4.79 Å². The number of anilines is 1. The minimum Gasteiger partial charge on any atom is -0.299 e. The van der Waals surface area contributed by atoms with Crippen molar-refractivity contribution >= 4 is 39.5 Å². The molecule has 22 heavy (non-hydrogen) atoms. The summed E-state index contributed by atoms with van der Waals surface area (Å²) in [5.41, 5.74) is 1.82. The first-order valence-electron chi connectivity index (χ1n) is 6.60. The molecule has 2 aromatic carbocycles. The molecule has 5 nitrogen and oxygen atoms in total. The van der Waals surface area contributed by atoms with Crippen LogP contribution in [0.15, 0.2) is 63.5 Å². The molecular weight excluding hydrogens is 368 g/mol.